The number of carbonyl (C=O) groups excluding carboxylic acids is 1. The molecule has 0 spiro atoms. The summed E-state index contributed by atoms with van der Waals surface area (Å²) in [6.07, 6.45) is 10.7. The maximum Gasteiger partial charge on any atom is 0.259 e. The Balaban J connectivity index is 2.08. The molecule has 0 aliphatic rings. The van der Waals surface area contributed by atoms with Crippen LogP contribution < -0.4 is 10.1 Å². The minimum Gasteiger partial charge on any atom is -0.480 e. The van der Waals surface area contributed by atoms with E-state index in [4.69, 9.17) is 22.8 Å². The van der Waals surface area contributed by atoms with Gasteiger partial charge in [-0.2, -0.15) is 9.78 Å². The van der Waals surface area contributed by atoms with E-state index < -0.39 is 0 Å². The van der Waals surface area contributed by atoms with Crippen LogP contribution in [0.5, 0.6) is 5.88 Å². The summed E-state index contributed by atoms with van der Waals surface area (Å²) in [4.78, 5) is 13.3. The third-order valence-electron chi connectivity index (χ3n) is 4.49. The summed E-state index contributed by atoms with van der Waals surface area (Å²) in [6.45, 7) is 2.20. The van der Waals surface area contributed by atoms with Crippen LogP contribution in [0.1, 0.15) is 28.5 Å². The van der Waals surface area contributed by atoms with E-state index in [2.05, 4.69) is 16.3 Å². The van der Waals surface area contributed by atoms with Crippen LogP contribution in [0.3, 0.4) is 0 Å². The zero-order chi connectivity index (χ0) is 22.2. The molecular weight excluding hydrogens is 410 g/mol. The first kappa shape index (κ1) is 21.9. The van der Waals surface area contributed by atoms with Crippen LogP contribution in [0.4, 0.5) is 0 Å². The summed E-state index contributed by atoms with van der Waals surface area (Å²) in [5.41, 5.74) is 3.05. The predicted molar refractivity (Wildman–Crippen MR) is 124 cm³/mol. The number of halogens is 1. The molecule has 0 fully saturated rings. The van der Waals surface area contributed by atoms with Crippen LogP contribution in [0, 0.1) is 12.3 Å². The van der Waals surface area contributed by atoms with Crippen LogP contribution >= 0.6 is 11.6 Å². The quantitative estimate of drug-likeness (QED) is 0.420. The zero-order valence-corrected chi connectivity index (χ0v) is 18.1. The number of nitrogens with zero attached hydrogens (tertiary/aromatic N) is 2. The molecular formula is C25H22ClN3O2. The Kier molecular flexibility index (Phi) is 7.31. The van der Waals surface area contributed by atoms with E-state index in [1.807, 2.05) is 61.5 Å². The van der Waals surface area contributed by atoms with Gasteiger partial charge in [-0.1, -0.05) is 60.0 Å². The second kappa shape index (κ2) is 10.3. The Morgan fingerprint density at radius 1 is 1.23 bits per heavy atom. The van der Waals surface area contributed by atoms with Crippen molar-refractivity contribution in [2.24, 2.45) is 0 Å². The van der Waals surface area contributed by atoms with E-state index in [0.717, 1.165) is 11.3 Å². The highest BCUT2D eigenvalue weighted by Crippen LogP contribution is 2.31. The van der Waals surface area contributed by atoms with E-state index in [1.165, 1.54) is 7.11 Å². The van der Waals surface area contributed by atoms with Gasteiger partial charge in [-0.25, -0.2) is 0 Å². The fourth-order valence-electron chi connectivity index (χ4n) is 3.08. The molecule has 1 amide bonds. The van der Waals surface area contributed by atoms with Crippen molar-refractivity contribution in [2.45, 2.75) is 13.5 Å². The number of allylic oxidation sites excluding steroid dienone is 4. The van der Waals surface area contributed by atoms with Crippen molar-refractivity contribution in [1.82, 2.24) is 15.1 Å². The Bertz CT molecular complexity index is 1150. The number of hydrogen-bond donors (Lipinski definition) is 1. The van der Waals surface area contributed by atoms with E-state index in [9.17, 15) is 4.79 Å². The maximum atomic E-state index is 13.3. The molecule has 1 N–H and O–H groups in total. The number of methoxy groups -OCH3 is 1. The molecule has 5 nitrogen and oxygen atoms in total. The first-order valence-electron chi connectivity index (χ1n) is 9.63. The Morgan fingerprint density at radius 2 is 1.94 bits per heavy atom. The monoisotopic (exact) mass is 431 g/mol. The highest BCUT2D eigenvalue weighted by Gasteiger charge is 2.27. The summed E-state index contributed by atoms with van der Waals surface area (Å²) >= 11 is 5.94. The van der Waals surface area contributed by atoms with Gasteiger partial charge in [-0.05, 0) is 42.8 Å². The first-order valence-corrected chi connectivity index (χ1v) is 10.0. The largest absolute Gasteiger partial charge is 0.480 e. The fraction of sp³-hybridized carbons (Fsp3) is 0.120. The summed E-state index contributed by atoms with van der Waals surface area (Å²) in [5.74, 6) is 2.52. The smallest absolute Gasteiger partial charge is 0.259 e. The van der Waals surface area contributed by atoms with Crippen LogP contribution in [0.2, 0.25) is 5.02 Å². The predicted octanol–water partition coefficient (Wildman–Crippen LogP) is 5.06. The van der Waals surface area contributed by atoms with Crippen molar-refractivity contribution in [1.29, 1.82) is 0 Å². The number of carbonyl (C=O) groups is 1. The summed E-state index contributed by atoms with van der Waals surface area (Å²) < 4.78 is 7.22. The lowest BCUT2D eigenvalue weighted by Crippen LogP contribution is -2.24. The molecule has 0 aliphatic heterocycles. The number of amides is 1. The van der Waals surface area contributed by atoms with Gasteiger partial charge in [-0.3, -0.25) is 4.79 Å². The molecule has 3 rings (SSSR count). The second-order valence-corrected chi connectivity index (χ2v) is 6.99. The maximum absolute atomic E-state index is 13.3. The van der Waals surface area contributed by atoms with Crippen molar-refractivity contribution < 1.29 is 9.53 Å². The molecule has 31 heavy (non-hydrogen) atoms. The molecule has 6 heteroatoms. The molecule has 156 valence electrons. The minimum absolute atomic E-state index is 0.305. The third kappa shape index (κ3) is 5.06. The minimum atomic E-state index is -0.323. The molecule has 3 aromatic rings. The first-order chi connectivity index (χ1) is 15.1. The Morgan fingerprint density at radius 3 is 2.55 bits per heavy atom. The van der Waals surface area contributed by atoms with Crippen molar-refractivity contribution >= 4 is 23.1 Å². The van der Waals surface area contributed by atoms with Crippen molar-refractivity contribution in [3.8, 4) is 23.9 Å². The SMILES string of the molecule is C#C/C=C(\C=C/C)c1nn(-c2ccccc2)c(OC)c1C(=O)NCc1ccc(Cl)cc1. The summed E-state index contributed by atoms with van der Waals surface area (Å²) in [7, 11) is 1.51. The number of terminal acetylenes is 1. The highest BCUT2D eigenvalue weighted by molar-refractivity contribution is 6.30. The molecule has 0 bridgehead atoms. The van der Waals surface area contributed by atoms with Crippen molar-refractivity contribution in [2.75, 3.05) is 7.11 Å². The number of benzene rings is 2. The van der Waals surface area contributed by atoms with E-state index in [1.54, 1.807) is 22.9 Å². The fourth-order valence-corrected chi connectivity index (χ4v) is 3.21. The molecule has 0 radical (unpaired) electrons. The van der Waals surface area contributed by atoms with Gasteiger partial charge < -0.3 is 10.1 Å². The molecule has 0 unspecified atom stereocenters. The van der Waals surface area contributed by atoms with Gasteiger partial charge >= 0.3 is 0 Å². The molecule has 1 aromatic heterocycles. The van der Waals surface area contributed by atoms with E-state index in [0.29, 0.717) is 34.3 Å². The second-order valence-electron chi connectivity index (χ2n) is 6.56. The number of aromatic nitrogens is 2. The number of nitrogens with one attached hydrogen (secondary N) is 1. The van der Waals surface area contributed by atoms with Gasteiger partial charge in [0.25, 0.3) is 5.91 Å². The lowest BCUT2D eigenvalue weighted by molar-refractivity contribution is 0.0947. The number of rotatable bonds is 7. The standard InChI is InChI=1S/C25H22ClN3O2/c1-4-9-19(10-5-2)23-22(24(30)27-17-18-13-15-20(26)16-14-18)25(31-3)29(28-23)21-11-7-6-8-12-21/h1,5-16H,17H2,2-3H3,(H,27,30)/b10-5-,19-9+. The summed E-state index contributed by atoms with van der Waals surface area (Å²) in [6, 6.07) is 16.7. The van der Waals surface area contributed by atoms with Gasteiger partial charge in [0.05, 0.1) is 12.8 Å². The molecule has 1 heterocycles. The topological polar surface area (TPSA) is 56.2 Å². The molecule has 2 aromatic carbocycles. The summed E-state index contributed by atoms with van der Waals surface area (Å²) in [5, 5.41) is 8.25. The highest BCUT2D eigenvalue weighted by atomic mass is 35.5. The van der Waals surface area contributed by atoms with Gasteiger partial charge in [0.2, 0.25) is 5.88 Å². The lowest BCUT2D eigenvalue weighted by Gasteiger charge is -2.09. The van der Waals surface area contributed by atoms with Gasteiger partial charge in [0.1, 0.15) is 11.3 Å². The van der Waals surface area contributed by atoms with Crippen LogP contribution in [0.25, 0.3) is 11.3 Å². The average molecular weight is 432 g/mol. The van der Waals surface area contributed by atoms with E-state index in [-0.39, 0.29) is 5.91 Å². The average Bonchev–Trinajstić information content (AvgIpc) is 3.18. The molecule has 0 saturated carbocycles. The molecule has 0 aliphatic carbocycles. The van der Waals surface area contributed by atoms with E-state index >= 15 is 0 Å². The zero-order valence-electron chi connectivity index (χ0n) is 17.3. The van der Waals surface area contributed by atoms with Crippen LogP contribution in [-0.4, -0.2) is 22.8 Å². The van der Waals surface area contributed by atoms with Crippen molar-refractivity contribution in [3.63, 3.8) is 0 Å². The van der Waals surface area contributed by atoms with Crippen LogP contribution in [0.15, 0.2) is 72.8 Å². The van der Waals surface area contributed by atoms with Crippen molar-refractivity contribution in [3.05, 3.63) is 94.7 Å². The third-order valence-corrected chi connectivity index (χ3v) is 4.74. The number of hydrogen-bond acceptors (Lipinski definition) is 3. The molecule has 0 saturated heterocycles. The van der Waals surface area contributed by atoms with Gasteiger partial charge in [-0.15, -0.1) is 6.42 Å². The van der Waals surface area contributed by atoms with Gasteiger partial charge in [0, 0.05) is 17.1 Å². The lowest BCUT2D eigenvalue weighted by atomic mass is 10.1. The normalized spacial score (nSPS) is 11.4. The number of para-hydroxylation sites is 1. The van der Waals surface area contributed by atoms with Gasteiger partial charge in [0.15, 0.2) is 0 Å². The molecule has 0 atom stereocenters. The Labute approximate surface area is 187 Å². The Hall–Kier alpha value is -3.75. The van der Waals surface area contributed by atoms with Crippen LogP contribution in [-0.2, 0) is 6.54 Å². The number of ether oxygens (including phenoxy) is 1.